The van der Waals surface area contributed by atoms with E-state index in [2.05, 4.69) is 24.1 Å². The van der Waals surface area contributed by atoms with Gasteiger partial charge >= 0.3 is 11.9 Å². The summed E-state index contributed by atoms with van der Waals surface area (Å²) >= 11 is 0. The average Bonchev–Trinajstić information content (AvgIpc) is 3.06. The molecule has 0 aliphatic heterocycles. The number of allylic oxidation sites excluding steroid dienone is 1. The van der Waals surface area contributed by atoms with Gasteiger partial charge in [-0.3, -0.25) is 4.79 Å². The number of amides is 1. The zero-order valence-electron chi connectivity index (χ0n) is 32.1. The Morgan fingerprint density at radius 1 is 0.902 bits per heavy atom. The van der Waals surface area contributed by atoms with Crippen LogP contribution >= 0.6 is 0 Å². The van der Waals surface area contributed by atoms with Crippen LogP contribution in [0.1, 0.15) is 137 Å². The molecule has 0 aromatic heterocycles. The van der Waals surface area contributed by atoms with E-state index in [0.29, 0.717) is 49.8 Å². The summed E-state index contributed by atoms with van der Waals surface area (Å²) in [5.41, 5.74) is -2.43. The number of benzene rings is 1. The molecule has 0 aliphatic rings. The molecule has 0 spiro atoms. The van der Waals surface area contributed by atoms with Crippen molar-refractivity contribution in [1.82, 2.24) is 5.32 Å². The summed E-state index contributed by atoms with van der Waals surface area (Å²) in [6.45, 7) is 10.9. The van der Waals surface area contributed by atoms with Crippen LogP contribution in [0.2, 0.25) is 0 Å². The molecular weight excluding hydrogens is 656 g/mol. The maximum Gasteiger partial charge on any atom is 0.339 e. The van der Waals surface area contributed by atoms with E-state index in [1.807, 2.05) is 0 Å². The van der Waals surface area contributed by atoms with Crippen LogP contribution in [0.15, 0.2) is 36.4 Å². The van der Waals surface area contributed by atoms with Gasteiger partial charge in [0.15, 0.2) is 5.60 Å². The second-order valence-electron chi connectivity index (χ2n) is 14.2. The zero-order valence-corrected chi connectivity index (χ0v) is 32.1. The van der Waals surface area contributed by atoms with Crippen LogP contribution in [0.3, 0.4) is 0 Å². The van der Waals surface area contributed by atoms with Crippen molar-refractivity contribution >= 4 is 17.8 Å². The summed E-state index contributed by atoms with van der Waals surface area (Å²) in [6.07, 6.45) is 11.0. The number of nitrogens with one attached hydrogen (secondary N) is 1. The number of halogens is 2. The highest BCUT2D eigenvalue weighted by atomic mass is 19.3. The lowest BCUT2D eigenvalue weighted by atomic mass is 9.81. The molecule has 1 rings (SSSR count). The fourth-order valence-electron chi connectivity index (χ4n) is 5.69. The average molecular weight is 720 g/mol. The van der Waals surface area contributed by atoms with Gasteiger partial charge in [-0.15, -0.1) is 5.92 Å². The number of carbonyl (C=O) groups excluding carboxylic acids is 3. The topological polar surface area (TPSA) is 111 Å². The van der Waals surface area contributed by atoms with E-state index in [4.69, 9.17) is 14.2 Å². The van der Waals surface area contributed by atoms with Crippen LogP contribution in [0, 0.1) is 17.8 Å². The lowest BCUT2D eigenvalue weighted by Gasteiger charge is -2.34. The zero-order chi connectivity index (χ0) is 38.3. The minimum absolute atomic E-state index is 0.0611. The Morgan fingerprint density at radius 2 is 1.51 bits per heavy atom. The van der Waals surface area contributed by atoms with Crippen molar-refractivity contribution in [1.29, 1.82) is 0 Å². The first-order chi connectivity index (χ1) is 24.1. The van der Waals surface area contributed by atoms with Crippen molar-refractivity contribution in [3.63, 3.8) is 0 Å². The molecule has 51 heavy (non-hydrogen) atoms. The van der Waals surface area contributed by atoms with E-state index < -0.39 is 46.9 Å². The molecule has 288 valence electrons. The van der Waals surface area contributed by atoms with Gasteiger partial charge in [-0.05, 0) is 77.5 Å². The highest BCUT2D eigenvalue weighted by molar-refractivity contribution is 5.93. The van der Waals surface area contributed by atoms with Crippen LogP contribution in [0.5, 0.6) is 5.75 Å². The minimum Gasteiger partial charge on any atom is -0.481 e. The van der Waals surface area contributed by atoms with Crippen molar-refractivity contribution in [2.45, 2.75) is 161 Å². The maximum absolute atomic E-state index is 14.3. The number of ether oxygens (including phenoxy) is 3. The van der Waals surface area contributed by atoms with Gasteiger partial charge in [0.1, 0.15) is 24.0 Å². The molecule has 0 bridgehead atoms. The van der Waals surface area contributed by atoms with Gasteiger partial charge in [0.25, 0.3) is 0 Å². The van der Waals surface area contributed by atoms with Crippen LogP contribution in [0.25, 0.3) is 0 Å². The van der Waals surface area contributed by atoms with Crippen LogP contribution in [0.4, 0.5) is 8.78 Å². The second-order valence-corrected chi connectivity index (χ2v) is 14.2. The number of carbonyl (C=O) groups is 3. The molecule has 8 nitrogen and oxygen atoms in total. The normalized spacial score (nSPS) is 14.2. The van der Waals surface area contributed by atoms with E-state index >= 15 is 0 Å². The van der Waals surface area contributed by atoms with Gasteiger partial charge < -0.3 is 24.6 Å². The number of esters is 2. The molecule has 0 saturated heterocycles. The third-order valence-corrected chi connectivity index (χ3v) is 8.47. The molecule has 0 aliphatic carbocycles. The number of rotatable bonds is 25. The Bertz CT molecular complexity index is 1260. The SMILES string of the molecule is CC#CCOc1ccc(C[C@H](NC(=O)[C@@H](/C=C/CCCCCCC(F)(F)CCCCCCC)[C@@](O)(CCC)C(=O)OC(C)(C)C)C(=O)OC)cc1. The predicted molar refractivity (Wildman–Crippen MR) is 197 cm³/mol. The quantitative estimate of drug-likeness (QED) is 0.0450. The van der Waals surface area contributed by atoms with Gasteiger partial charge in [-0.1, -0.05) is 89.0 Å². The Kier molecular flexibility index (Phi) is 21.4. The van der Waals surface area contributed by atoms with Gasteiger partial charge in [0.2, 0.25) is 11.8 Å². The largest absolute Gasteiger partial charge is 0.481 e. The molecule has 3 atom stereocenters. The lowest BCUT2D eigenvalue weighted by molar-refractivity contribution is -0.184. The van der Waals surface area contributed by atoms with Crippen molar-refractivity contribution in [3.05, 3.63) is 42.0 Å². The van der Waals surface area contributed by atoms with Crippen molar-refractivity contribution < 1.29 is 42.5 Å². The number of alkyl halides is 2. The summed E-state index contributed by atoms with van der Waals surface area (Å²) in [4.78, 5) is 40.2. The molecule has 0 saturated carbocycles. The third kappa shape index (κ3) is 18.6. The number of unbranched alkanes of at least 4 members (excludes halogenated alkanes) is 8. The van der Waals surface area contributed by atoms with Gasteiger partial charge in [-0.2, -0.15) is 0 Å². The molecule has 1 aromatic rings. The molecule has 1 amide bonds. The Labute approximate surface area is 305 Å². The summed E-state index contributed by atoms with van der Waals surface area (Å²) in [5.74, 6) is -0.217. The fourth-order valence-corrected chi connectivity index (χ4v) is 5.69. The number of aliphatic hydroxyl groups is 1. The highest BCUT2D eigenvalue weighted by Crippen LogP contribution is 2.31. The standard InChI is InChI=1S/C41H63F2NO7/c1-8-11-13-17-20-28-40(42,43)29-21-18-15-14-16-19-22-34(41(48,27-10-3)38(47)51-39(4,5)6)36(45)44-35(37(46)49-7)31-32-23-25-33(26-24-32)50-30-12-9-2/h19,22-26,34-35,48H,8,10-11,13-18,20-21,27-31H2,1-7H3,(H,44,45)/b22-19+/t34-,35+,41+/m1/s1. The van der Waals surface area contributed by atoms with Gasteiger partial charge in [0.05, 0.1) is 13.0 Å². The van der Waals surface area contributed by atoms with E-state index in [1.165, 1.54) is 13.2 Å². The molecule has 10 heteroatoms. The van der Waals surface area contributed by atoms with Crippen molar-refractivity contribution in [3.8, 4) is 17.6 Å². The first kappa shape index (κ1) is 45.6. The molecule has 0 fully saturated rings. The molecule has 0 unspecified atom stereocenters. The summed E-state index contributed by atoms with van der Waals surface area (Å²) in [7, 11) is 1.22. The minimum atomic E-state index is -2.64. The van der Waals surface area contributed by atoms with E-state index in [0.717, 1.165) is 32.1 Å². The molecule has 0 radical (unpaired) electrons. The molecule has 0 heterocycles. The van der Waals surface area contributed by atoms with E-state index in [-0.39, 0.29) is 32.3 Å². The Morgan fingerprint density at radius 3 is 2.06 bits per heavy atom. The Balaban J connectivity index is 3.05. The number of hydrogen-bond donors (Lipinski definition) is 2. The summed E-state index contributed by atoms with van der Waals surface area (Å²) < 4.78 is 44.7. The number of methoxy groups -OCH3 is 1. The Hall–Kier alpha value is -3.45. The summed E-state index contributed by atoms with van der Waals surface area (Å²) in [5, 5.41) is 14.6. The first-order valence-corrected chi connectivity index (χ1v) is 18.6. The smallest absolute Gasteiger partial charge is 0.339 e. The highest BCUT2D eigenvalue weighted by Gasteiger charge is 2.49. The van der Waals surface area contributed by atoms with Gasteiger partial charge in [-0.25, -0.2) is 18.4 Å². The van der Waals surface area contributed by atoms with Crippen LogP contribution in [-0.4, -0.2) is 59.8 Å². The second kappa shape index (κ2) is 23.9. The molecule has 2 N–H and O–H groups in total. The monoisotopic (exact) mass is 719 g/mol. The van der Waals surface area contributed by atoms with Crippen molar-refractivity contribution in [2.75, 3.05) is 13.7 Å². The third-order valence-electron chi connectivity index (χ3n) is 8.47. The van der Waals surface area contributed by atoms with Crippen LogP contribution in [-0.2, 0) is 30.3 Å². The summed E-state index contributed by atoms with van der Waals surface area (Å²) in [6, 6.07) is 5.88. The number of hydrogen-bond acceptors (Lipinski definition) is 7. The van der Waals surface area contributed by atoms with Crippen molar-refractivity contribution in [2.24, 2.45) is 5.92 Å². The predicted octanol–water partition coefficient (Wildman–Crippen LogP) is 8.67. The maximum atomic E-state index is 14.3. The molecule has 1 aromatic carbocycles. The van der Waals surface area contributed by atoms with E-state index in [1.54, 1.807) is 65.0 Å². The lowest BCUT2D eigenvalue weighted by Crippen LogP contribution is -2.56. The van der Waals surface area contributed by atoms with Crippen LogP contribution < -0.4 is 10.1 Å². The van der Waals surface area contributed by atoms with E-state index in [9.17, 15) is 28.3 Å². The first-order valence-electron chi connectivity index (χ1n) is 18.6. The van der Waals surface area contributed by atoms with Gasteiger partial charge in [0, 0.05) is 19.3 Å². The fraction of sp³-hybridized carbons (Fsp3) is 0.683. The molecular formula is C41H63F2NO7.